The van der Waals surface area contributed by atoms with Crippen LogP contribution in [-0.2, 0) is 25.2 Å². The number of carboxylic acid groups (broad SMARTS) is 1. The highest BCUT2D eigenvalue weighted by atomic mass is 16.5. The number of carbonyl (C=O) groups is 2. The molecule has 2 heterocycles. The number of carbonyl (C=O) groups excluding carboxylic acids is 1. The fourth-order valence-electron chi connectivity index (χ4n) is 7.27. The molecule has 7 nitrogen and oxygen atoms in total. The molecule has 6 rings (SSSR count). The van der Waals surface area contributed by atoms with E-state index in [-0.39, 0.29) is 19.6 Å². The molecule has 0 saturated heterocycles. The number of hydrogen-bond acceptors (Lipinski definition) is 5. The van der Waals surface area contributed by atoms with Gasteiger partial charge in [-0.15, -0.1) is 0 Å². The third-order valence-corrected chi connectivity index (χ3v) is 9.27. The van der Waals surface area contributed by atoms with Crippen molar-refractivity contribution in [2.24, 2.45) is 0 Å². The fourth-order valence-corrected chi connectivity index (χ4v) is 7.27. The normalized spacial score (nSPS) is 17.4. The van der Waals surface area contributed by atoms with Crippen LogP contribution in [0.3, 0.4) is 0 Å². The van der Waals surface area contributed by atoms with Crippen LogP contribution < -0.4 is 4.90 Å². The molecule has 2 aliphatic rings. The van der Waals surface area contributed by atoms with Crippen LogP contribution in [0.5, 0.6) is 0 Å². The summed E-state index contributed by atoms with van der Waals surface area (Å²) in [6, 6.07) is 27.3. The molecule has 0 spiro atoms. The number of nitriles is 1. The predicted molar refractivity (Wildman–Crippen MR) is 177 cm³/mol. The molecule has 0 amide bonds. The highest BCUT2D eigenvalue weighted by Gasteiger charge is 2.46. The lowest BCUT2D eigenvalue weighted by Crippen LogP contribution is -2.30. The van der Waals surface area contributed by atoms with Gasteiger partial charge in [-0.1, -0.05) is 68.4 Å². The van der Waals surface area contributed by atoms with E-state index in [2.05, 4.69) is 91.8 Å². The Bertz CT molecular complexity index is 2010. The fraction of sp³-hybridized carbons (Fsp3) is 0.263. The number of fused-ring (bicyclic) bond motifs is 6. The van der Waals surface area contributed by atoms with Crippen LogP contribution in [0.25, 0.3) is 21.5 Å². The zero-order chi connectivity index (χ0) is 31.9. The van der Waals surface area contributed by atoms with Crippen molar-refractivity contribution in [2.45, 2.75) is 44.9 Å². The van der Waals surface area contributed by atoms with Crippen molar-refractivity contribution in [1.29, 1.82) is 5.26 Å². The quantitative estimate of drug-likeness (QED) is 0.0952. The van der Waals surface area contributed by atoms with Crippen molar-refractivity contribution < 1.29 is 24.0 Å². The SMILES string of the molecule is CC1(C)C(/C=C(C#N)/C=C2\N(CCOC=O)c3ccc4ccccc4c3C2(C)C)=[N+](CCC(=O)O)c2ccc3ccccc3c21. The second-order valence-electron chi connectivity index (χ2n) is 12.7. The molecule has 0 aromatic heterocycles. The summed E-state index contributed by atoms with van der Waals surface area (Å²) < 4.78 is 7.18. The van der Waals surface area contributed by atoms with Crippen LogP contribution in [0, 0.1) is 11.3 Å². The average Bonchev–Trinajstić information content (AvgIpc) is 3.38. The third-order valence-electron chi connectivity index (χ3n) is 9.27. The van der Waals surface area contributed by atoms with Gasteiger partial charge in [0.2, 0.25) is 5.69 Å². The van der Waals surface area contributed by atoms with Gasteiger partial charge in [-0.2, -0.15) is 9.84 Å². The van der Waals surface area contributed by atoms with Gasteiger partial charge in [0.1, 0.15) is 13.0 Å². The lowest BCUT2D eigenvalue weighted by atomic mass is 9.78. The van der Waals surface area contributed by atoms with Crippen molar-refractivity contribution in [2.75, 3.05) is 24.6 Å². The van der Waals surface area contributed by atoms with Gasteiger partial charge in [0.25, 0.3) is 6.47 Å². The van der Waals surface area contributed by atoms with E-state index in [4.69, 9.17) is 4.74 Å². The molecule has 45 heavy (non-hydrogen) atoms. The number of carboxylic acids is 1. The van der Waals surface area contributed by atoms with Crippen molar-refractivity contribution >= 4 is 51.1 Å². The Labute approximate surface area is 263 Å². The van der Waals surface area contributed by atoms with E-state index in [1.54, 1.807) is 0 Å². The smallest absolute Gasteiger partial charge is 0.309 e. The van der Waals surface area contributed by atoms with Crippen LogP contribution in [0.4, 0.5) is 11.4 Å². The van der Waals surface area contributed by atoms with E-state index in [0.717, 1.165) is 55.5 Å². The molecule has 1 N–H and O–H groups in total. The maximum atomic E-state index is 11.7. The van der Waals surface area contributed by atoms with Crippen LogP contribution >= 0.6 is 0 Å². The molecule has 0 aliphatic carbocycles. The van der Waals surface area contributed by atoms with E-state index >= 15 is 0 Å². The highest BCUT2D eigenvalue weighted by molar-refractivity contribution is 6.08. The van der Waals surface area contributed by atoms with Gasteiger partial charge in [0.05, 0.1) is 23.6 Å². The van der Waals surface area contributed by atoms with Gasteiger partial charge < -0.3 is 14.7 Å². The molecular formula is C38H36N3O4+. The summed E-state index contributed by atoms with van der Waals surface area (Å²) in [6.07, 6.45) is 3.82. The predicted octanol–water partition coefficient (Wildman–Crippen LogP) is 7.15. The minimum atomic E-state index is -0.876. The van der Waals surface area contributed by atoms with Crippen LogP contribution in [-0.4, -0.2) is 47.5 Å². The first kappa shape index (κ1) is 29.8. The van der Waals surface area contributed by atoms with Gasteiger partial charge in [-0.3, -0.25) is 9.59 Å². The minimum Gasteiger partial charge on any atom is -0.481 e. The molecule has 0 bridgehead atoms. The summed E-state index contributed by atoms with van der Waals surface area (Å²) in [4.78, 5) is 24.9. The van der Waals surface area contributed by atoms with Crippen LogP contribution in [0.2, 0.25) is 0 Å². The number of nitrogens with zero attached hydrogens (tertiary/aromatic N) is 3. The summed E-state index contributed by atoms with van der Waals surface area (Å²) >= 11 is 0. The van der Waals surface area contributed by atoms with Crippen molar-refractivity contribution in [1.82, 2.24) is 0 Å². The van der Waals surface area contributed by atoms with E-state index in [1.165, 1.54) is 0 Å². The molecule has 4 aromatic carbocycles. The lowest BCUT2D eigenvalue weighted by Gasteiger charge is -2.27. The molecular weight excluding hydrogens is 562 g/mol. The number of allylic oxidation sites excluding steroid dienone is 4. The van der Waals surface area contributed by atoms with Crippen LogP contribution in [0.15, 0.2) is 96.2 Å². The van der Waals surface area contributed by atoms with Gasteiger partial charge in [-0.25, -0.2) is 0 Å². The standard InChI is InChI=1S/C38H35N3O4/c1-37(2)32(40(18-17-34(43)44)30-15-13-26-9-5-7-11-28(26)35(30)37)21-25(23-39)22-33-38(3,4)36-29-12-8-6-10-27(29)14-16-31(36)41(33)19-20-45-24-42/h5-16,21-22,24H,17-20H2,1-4H3/p+1. The zero-order valence-corrected chi connectivity index (χ0v) is 26.0. The second-order valence-corrected chi connectivity index (χ2v) is 12.7. The van der Waals surface area contributed by atoms with Gasteiger partial charge >= 0.3 is 5.97 Å². The van der Waals surface area contributed by atoms with E-state index in [9.17, 15) is 20.0 Å². The average molecular weight is 599 g/mol. The van der Waals surface area contributed by atoms with Gasteiger partial charge in [-0.05, 0) is 59.2 Å². The van der Waals surface area contributed by atoms with Gasteiger partial charge in [0.15, 0.2) is 12.3 Å². The second kappa shape index (κ2) is 11.4. The van der Waals surface area contributed by atoms with E-state index < -0.39 is 16.8 Å². The summed E-state index contributed by atoms with van der Waals surface area (Å²) in [5, 5.41) is 24.7. The Hall–Kier alpha value is -5.22. The summed E-state index contributed by atoms with van der Waals surface area (Å²) in [5.41, 5.74) is 5.54. The maximum absolute atomic E-state index is 11.7. The number of anilines is 1. The largest absolute Gasteiger partial charge is 0.481 e. The topological polar surface area (TPSA) is 93.6 Å². The number of aliphatic carboxylic acids is 1. The van der Waals surface area contributed by atoms with Crippen molar-refractivity contribution in [3.63, 3.8) is 0 Å². The lowest BCUT2D eigenvalue weighted by molar-refractivity contribution is -0.436. The van der Waals surface area contributed by atoms with Crippen LogP contribution in [0.1, 0.15) is 45.2 Å². The molecule has 0 saturated carbocycles. The van der Waals surface area contributed by atoms with Gasteiger partial charge in [0, 0.05) is 34.5 Å². The minimum absolute atomic E-state index is 0.0391. The molecule has 7 heteroatoms. The molecule has 4 aromatic rings. The molecule has 0 unspecified atom stereocenters. The Morgan fingerprint density at radius 3 is 2.22 bits per heavy atom. The van der Waals surface area contributed by atoms with Crippen molar-refractivity contribution in [3.8, 4) is 6.07 Å². The monoisotopic (exact) mass is 598 g/mol. The Morgan fingerprint density at radius 2 is 1.58 bits per heavy atom. The number of benzene rings is 4. The summed E-state index contributed by atoms with van der Waals surface area (Å²) in [7, 11) is 0. The molecule has 2 aliphatic heterocycles. The number of rotatable bonds is 9. The Morgan fingerprint density at radius 1 is 0.933 bits per heavy atom. The highest BCUT2D eigenvalue weighted by Crippen LogP contribution is 2.51. The third kappa shape index (κ3) is 4.97. The first-order valence-electron chi connectivity index (χ1n) is 15.2. The number of ether oxygens (including phenoxy) is 1. The summed E-state index contributed by atoms with van der Waals surface area (Å²) in [6.45, 7) is 9.96. The Kier molecular flexibility index (Phi) is 7.54. The van der Waals surface area contributed by atoms with E-state index in [1.807, 2.05) is 36.4 Å². The van der Waals surface area contributed by atoms with E-state index in [0.29, 0.717) is 18.6 Å². The Balaban J connectivity index is 1.53. The van der Waals surface area contributed by atoms with Crippen molar-refractivity contribution in [3.05, 3.63) is 107 Å². The number of hydrogen-bond donors (Lipinski definition) is 1. The maximum Gasteiger partial charge on any atom is 0.309 e. The molecule has 0 fully saturated rings. The molecule has 0 radical (unpaired) electrons. The molecule has 0 atom stereocenters. The zero-order valence-electron chi connectivity index (χ0n) is 26.0. The first-order chi connectivity index (χ1) is 21.6. The molecule has 226 valence electrons. The summed E-state index contributed by atoms with van der Waals surface area (Å²) in [5.74, 6) is -0.876. The first-order valence-corrected chi connectivity index (χ1v) is 15.2.